The Bertz CT molecular complexity index is 796. The second-order valence-electron chi connectivity index (χ2n) is 5.74. The molecule has 124 valence electrons. The largest absolute Gasteiger partial charge is 0.497 e. The third kappa shape index (κ3) is 3.81. The number of aromatic nitrogens is 3. The van der Waals surface area contributed by atoms with Crippen LogP contribution in [0.3, 0.4) is 0 Å². The molecule has 3 aromatic rings. The lowest BCUT2D eigenvalue weighted by molar-refractivity contribution is 0.167. The van der Waals surface area contributed by atoms with Gasteiger partial charge in [0.25, 0.3) is 0 Å². The molecule has 0 aliphatic heterocycles. The highest BCUT2D eigenvalue weighted by Crippen LogP contribution is 2.22. The second kappa shape index (κ2) is 7.27. The number of methoxy groups -OCH3 is 1. The van der Waals surface area contributed by atoms with E-state index in [1.165, 1.54) is 0 Å². The quantitative estimate of drug-likeness (QED) is 0.756. The minimum atomic E-state index is -0.532. The van der Waals surface area contributed by atoms with Crippen molar-refractivity contribution < 1.29 is 9.84 Å². The molecule has 0 amide bonds. The molecule has 0 aliphatic rings. The van der Waals surface area contributed by atoms with Gasteiger partial charge in [0.2, 0.25) is 0 Å². The van der Waals surface area contributed by atoms with E-state index in [2.05, 4.69) is 10.1 Å². The number of rotatable bonds is 6. The van der Waals surface area contributed by atoms with Gasteiger partial charge in [0.1, 0.15) is 5.75 Å². The van der Waals surface area contributed by atoms with Crippen LogP contribution in [0.2, 0.25) is 0 Å². The van der Waals surface area contributed by atoms with Gasteiger partial charge in [-0.25, -0.2) is 4.68 Å². The Morgan fingerprint density at radius 3 is 2.75 bits per heavy atom. The van der Waals surface area contributed by atoms with Crippen LogP contribution in [-0.4, -0.2) is 27.0 Å². The number of aliphatic hydroxyl groups is 1. The SMILES string of the molecule is COc1cccc(C(O)CCc2ccc(-n3ccc(C)n3)cn2)c1. The Balaban J connectivity index is 1.62. The van der Waals surface area contributed by atoms with Crippen LogP contribution in [0.25, 0.3) is 5.69 Å². The average Bonchev–Trinajstić information content (AvgIpc) is 3.06. The van der Waals surface area contributed by atoms with Crippen molar-refractivity contribution in [3.8, 4) is 11.4 Å². The van der Waals surface area contributed by atoms with E-state index in [9.17, 15) is 5.11 Å². The van der Waals surface area contributed by atoms with Crippen LogP contribution in [-0.2, 0) is 6.42 Å². The van der Waals surface area contributed by atoms with Crippen molar-refractivity contribution in [1.29, 1.82) is 0 Å². The fourth-order valence-corrected chi connectivity index (χ4v) is 2.56. The van der Waals surface area contributed by atoms with Gasteiger partial charge in [-0.2, -0.15) is 5.10 Å². The molecule has 1 atom stereocenters. The third-order valence-corrected chi connectivity index (χ3v) is 3.95. The van der Waals surface area contributed by atoms with E-state index >= 15 is 0 Å². The lowest BCUT2D eigenvalue weighted by Crippen LogP contribution is -2.02. The first kappa shape index (κ1) is 16.2. The van der Waals surface area contributed by atoms with Gasteiger partial charge in [-0.3, -0.25) is 4.98 Å². The summed E-state index contributed by atoms with van der Waals surface area (Å²) < 4.78 is 7.00. The molecule has 0 saturated carbocycles. The molecule has 0 bridgehead atoms. The van der Waals surface area contributed by atoms with Crippen LogP contribution in [0.1, 0.15) is 29.5 Å². The number of hydrogen-bond donors (Lipinski definition) is 1. The monoisotopic (exact) mass is 323 g/mol. The van der Waals surface area contributed by atoms with Gasteiger partial charge in [-0.1, -0.05) is 12.1 Å². The van der Waals surface area contributed by atoms with Gasteiger partial charge in [0, 0.05) is 11.9 Å². The van der Waals surface area contributed by atoms with Crippen molar-refractivity contribution in [3.05, 3.63) is 71.8 Å². The summed E-state index contributed by atoms with van der Waals surface area (Å²) in [5.41, 5.74) is 3.71. The highest BCUT2D eigenvalue weighted by molar-refractivity contribution is 5.31. The first-order valence-corrected chi connectivity index (χ1v) is 7.95. The minimum absolute atomic E-state index is 0.532. The van der Waals surface area contributed by atoms with Gasteiger partial charge in [0.05, 0.1) is 30.8 Å². The number of nitrogens with zero attached hydrogens (tertiary/aromatic N) is 3. The van der Waals surface area contributed by atoms with Crippen LogP contribution in [0.5, 0.6) is 5.75 Å². The maximum absolute atomic E-state index is 10.3. The van der Waals surface area contributed by atoms with Crippen molar-refractivity contribution >= 4 is 0 Å². The first-order chi connectivity index (χ1) is 11.7. The summed E-state index contributed by atoms with van der Waals surface area (Å²) in [6.07, 6.45) is 4.51. The minimum Gasteiger partial charge on any atom is -0.497 e. The molecule has 3 rings (SSSR count). The van der Waals surface area contributed by atoms with Crippen LogP contribution in [0.15, 0.2) is 54.9 Å². The molecule has 0 aliphatic carbocycles. The summed E-state index contributed by atoms with van der Waals surface area (Å²) in [6.45, 7) is 1.96. The highest BCUT2D eigenvalue weighted by Gasteiger charge is 2.09. The zero-order valence-electron chi connectivity index (χ0n) is 13.9. The van der Waals surface area contributed by atoms with Crippen molar-refractivity contribution in [3.63, 3.8) is 0 Å². The number of aliphatic hydroxyl groups excluding tert-OH is 1. The maximum atomic E-state index is 10.3. The van der Waals surface area contributed by atoms with Crippen molar-refractivity contribution in [2.45, 2.75) is 25.9 Å². The zero-order valence-corrected chi connectivity index (χ0v) is 13.9. The first-order valence-electron chi connectivity index (χ1n) is 7.95. The van der Waals surface area contributed by atoms with Gasteiger partial charge in [-0.05, 0) is 55.7 Å². The average molecular weight is 323 g/mol. The van der Waals surface area contributed by atoms with E-state index < -0.39 is 6.10 Å². The van der Waals surface area contributed by atoms with Crippen LogP contribution in [0, 0.1) is 6.92 Å². The molecule has 2 heterocycles. The predicted molar refractivity (Wildman–Crippen MR) is 92.4 cm³/mol. The van der Waals surface area contributed by atoms with Crippen molar-refractivity contribution in [2.24, 2.45) is 0 Å². The van der Waals surface area contributed by atoms with Crippen LogP contribution >= 0.6 is 0 Å². The zero-order chi connectivity index (χ0) is 16.9. The summed E-state index contributed by atoms with van der Waals surface area (Å²) in [6, 6.07) is 13.4. The summed E-state index contributed by atoms with van der Waals surface area (Å²) in [5, 5.41) is 14.7. The van der Waals surface area contributed by atoms with Gasteiger partial charge in [0.15, 0.2) is 0 Å². The van der Waals surface area contributed by atoms with Gasteiger partial charge < -0.3 is 9.84 Å². The molecule has 0 fully saturated rings. The smallest absolute Gasteiger partial charge is 0.119 e. The number of hydrogen-bond acceptors (Lipinski definition) is 4. The molecule has 24 heavy (non-hydrogen) atoms. The van der Waals surface area contributed by atoms with Gasteiger partial charge in [-0.15, -0.1) is 0 Å². The molecule has 5 nitrogen and oxygen atoms in total. The lowest BCUT2D eigenvalue weighted by atomic mass is 10.0. The highest BCUT2D eigenvalue weighted by atomic mass is 16.5. The van der Waals surface area contributed by atoms with E-state index in [1.807, 2.05) is 55.6 Å². The Kier molecular flexibility index (Phi) is 4.91. The van der Waals surface area contributed by atoms with E-state index in [4.69, 9.17) is 4.74 Å². The van der Waals surface area contributed by atoms with E-state index in [-0.39, 0.29) is 0 Å². The van der Waals surface area contributed by atoms with E-state index in [0.29, 0.717) is 12.8 Å². The molecule has 0 saturated heterocycles. The fraction of sp³-hybridized carbons (Fsp3) is 0.263. The number of aryl methyl sites for hydroxylation is 2. The Hall–Kier alpha value is -2.66. The second-order valence-corrected chi connectivity index (χ2v) is 5.74. The molecule has 0 spiro atoms. The third-order valence-electron chi connectivity index (χ3n) is 3.95. The summed E-state index contributed by atoms with van der Waals surface area (Å²) in [5.74, 6) is 0.753. The molecule has 1 N–H and O–H groups in total. The van der Waals surface area contributed by atoms with Crippen molar-refractivity contribution in [2.75, 3.05) is 7.11 Å². The molecule has 1 unspecified atom stereocenters. The normalized spacial score (nSPS) is 12.1. The number of ether oxygens (including phenoxy) is 1. The molecule has 1 aromatic carbocycles. The summed E-state index contributed by atoms with van der Waals surface area (Å²) >= 11 is 0. The Morgan fingerprint density at radius 2 is 2.08 bits per heavy atom. The van der Waals surface area contributed by atoms with Gasteiger partial charge >= 0.3 is 0 Å². The van der Waals surface area contributed by atoms with Crippen LogP contribution < -0.4 is 4.74 Å². The molecular formula is C19H21N3O2. The van der Waals surface area contributed by atoms with Crippen molar-refractivity contribution in [1.82, 2.24) is 14.8 Å². The summed E-state index contributed by atoms with van der Waals surface area (Å²) in [4.78, 5) is 4.47. The molecule has 5 heteroatoms. The standard InChI is InChI=1S/C19H21N3O2/c1-14-10-11-22(21-14)17-8-6-16(20-13-17)7-9-19(23)15-4-3-5-18(12-15)24-2/h3-6,8,10-13,19,23H,7,9H2,1-2H3. The number of benzene rings is 1. The predicted octanol–water partition coefficient (Wildman–Crippen LogP) is 3.25. The topological polar surface area (TPSA) is 60.2 Å². The van der Waals surface area contributed by atoms with Crippen LogP contribution in [0.4, 0.5) is 0 Å². The van der Waals surface area contributed by atoms with E-state index in [1.54, 1.807) is 18.0 Å². The Labute approximate surface area is 141 Å². The number of pyridine rings is 1. The Morgan fingerprint density at radius 1 is 1.21 bits per heavy atom. The molecular weight excluding hydrogens is 302 g/mol. The van der Waals surface area contributed by atoms with E-state index in [0.717, 1.165) is 28.4 Å². The lowest BCUT2D eigenvalue weighted by Gasteiger charge is -2.12. The fourth-order valence-electron chi connectivity index (χ4n) is 2.56. The molecule has 2 aromatic heterocycles. The molecule has 0 radical (unpaired) electrons. The maximum Gasteiger partial charge on any atom is 0.119 e. The summed E-state index contributed by atoms with van der Waals surface area (Å²) in [7, 11) is 1.62.